The summed E-state index contributed by atoms with van der Waals surface area (Å²) in [5.41, 5.74) is 5.50. The molecule has 0 aromatic heterocycles. The number of carbonyl (C=O) groups excluding carboxylic acids is 1. The van der Waals surface area contributed by atoms with Gasteiger partial charge in [-0.05, 0) is 12.3 Å². The minimum absolute atomic E-state index is 0.101. The Labute approximate surface area is 90.0 Å². The summed E-state index contributed by atoms with van der Waals surface area (Å²) in [6.07, 6.45) is 1.19. The van der Waals surface area contributed by atoms with E-state index in [1.54, 1.807) is 13.8 Å². The molecule has 0 aromatic rings. The van der Waals surface area contributed by atoms with Gasteiger partial charge in [-0.25, -0.2) is 4.79 Å². The van der Waals surface area contributed by atoms with Crippen molar-refractivity contribution in [1.29, 1.82) is 0 Å². The van der Waals surface area contributed by atoms with Crippen molar-refractivity contribution in [2.75, 3.05) is 0 Å². The van der Waals surface area contributed by atoms with Crippen LogP contribution in [0, 0.1) is 5.92 Å². The third-order valence-corrected chi connectivity index (χ3v) is 2.55. The maximum absolute atomic E-state index is 11.4. The molecule has 0 fully saturated rings. The van der Waals surface area contributed by atoms with Crippen LogP contribution in [0.1, 0.15) is 33.6 Å². The summed E-state index contributed by atoms with van der Waals surface area (Å²) in [6, 6.07) is -1.48. The summed E-state index contributed by atoms with van der Waals surface area (Å²) in [4.78, 5) is 22.3. The van der Waals surface area contributed by atoms with Crippen molar-refractivity contribution >= 4 is 11.9 Å². The first-order chi connectivity index (χ1) is 6.93. The third-order valence-electron chi connectivity index (χ3n) is 2.55. The van der Waals surface area contributed by atoms with Crippen molar-refractivity contribution in [3.63, 3.8) is 0 Å². The van der Waals surface area contributed by atoms with E-state index >= 15 is 0 Å². The molecule has 0 aromatic carbocycles. The van der Waals surface area contributed by atoms with Crippen molar-refractivity contribution in [2.45, 2.75) is 45.7 Å². The average Bonchev–Trinajstić information content (AvgIpc) is 2.22. The zero-order valence-corrected chi connectivity index (χ0v) is 9.49. The summed E-state index contributed by atoms with van der Waals surface area (Å²) in [5.74, 6) is -1.51. The van der Waals surface area contributed by atoms with Crippen LogP contribution in [0.5, 0.6) is 0 Å². The molecule has 0 heterocycles. The Bertz CT molecular complexity index is 231. The molecule has 0 rings (SSSR count). The normalized spacial score (nSPS) is 16.5. The van der Waals surface area contributed by atoms with Gasteiger partial charge in [-0.15, -0.1) is 0 Å². The van der Waals surface area contributed by atoms with Crippen molar-refractivity contribution in [3.8, 4) is 0 Å². The number of carboxylic acid groups (broad SMARTS) is 1. The van der Waals surface area contributed by atoms with Crippen LogP contribution >= 0.6 is 0 Å². The van der Waals surface area contributed by atoms with Gasteiger partial charge in [0, 0.05) is 0 Å². The van der Waals surface area contributed by atoms with Crippen LogP contribution in [0.25, 0.3) is 0 Å². The predicted molar refractivity (Wildman–Crippen MR) is 57.3 cm³/mol. The van der Waals surface area contributed by atoms with Gasteiger partial charge in [-0.1, -0.05) is 27.2 Å². The van der Waals surface area contributed by atoms with Crippen molar-refractivity contribution < 1.29 is 14.7 Å². The van der Waals surface area contributed by atoms with Gasteiger partial charge in [-0.3, -0.25) is 4.79 Å². The maximum atomic E-state index is 11.4. The van der Waals surface area contributed by atoms with Crippen molar-refractivity contribution in [1.82, 2.24) is 5.32 Å². The molecule has 0 bridgehead atoms. The van der Waals surface area contributed by atoms with E-state index < -0.39 is 24.0 Å². The van der Waals surface area contributed by atoms with Crippen LogP contribution in [0.3, 0.4) is 0 Å². The highest BCUT2D eigenvalue weighted by molar-refractivity contribution is 5.86. The summed E-state index contributed by atoms with van der Waals surface area (Å²) in [7, 11) is 0. The number of nitrogens with two attached hydrogens (primary N) is 1. The predicted octanol–water partition coefficient (Wildman–Crippen LogP) is 0.339. The fourth-order valence-corrected chi connectivity index (χ4v) is 1.13. The molecular weight excluding hydrogens is 196 g/mol. The molecule has 0 aliphatic carbocycles. The highest BCUT2D eigenvalue weighted by atomic mass is 16.4. The molecule has 0 unspecified atom stereocenters. The van der Waals surface area contributed by atoms with Gasteiger partial charge >= 0.3 is 5.97 Å². The third kappa shape index (κ3) is 4.29. The first-order valence-electron chi connectivity index (χ1n) is 5.22. The molecule has 4 N–H and O–H groups in total. The van der Waals surface area contributed by atoms with E-state index in [9.17, 15) is 9.59 Å². The van der Waals surface area contributed by atoms with E-state index in [0.29, 0.717) is 12.8 Å². The fourth-order valence-electron chi connectivity index (χ4n) is 1.13. The molecule has 0 aliphatic rings. The summed E-state index contributed by atoms with van der Waals surface area (Å²) < 4.78 is 0. The molecular formula is C10H20N2O3. The quantitative estimate of drug-likeness (QED) is 0.597. The van der Waals surface area contributed by atoms with Crippen LogP contribution in [0.4, 0.5) is 0 Å². The van der Waals surface area contributed by atoms with Crippen LogP contribution in [-0.4, -0.2) is 29.1 Å². The van der Waals surface area contributed by atoms with Gasteiger partial charge in [0.25, 0.3) is 0 Å². The molecule has 0 spiro atoms. The zero-order valence-electron chi connectivity index (χ0n) is 9.49. The van der Waals surface area contributed by atoms with Gasteiger partial charge in [0.05, 0.1) is 6.04 Å². The van der Waals surface area contributed by atoms with Gasteiger partial charge < -0.3 is 16.2 Å². The molecule has 0 radical (unpaired) electrons. The molecule has 15 heavy (non-hydrogen) atoms. The average molecular weight is 216 g/mol. The molecule has 0 saturated carbocycles. The van der Waals surface area contributed by atoms with E-state index in [-0.39, 0.29) is 5.92 Å². The second-order valence-corrected chi connectivity index (χ2v) is 3.72. The van der Waals surface area contributed by atoms with Crippen molar-refractivity contribution in [2.24, 2.45) is 11.7 Å². The zero-order chi connectivity index (χ0) is 12.0. The van der Waals surface area contributed by atoms with Crippen LogP contribution in [-0.2, 0) is 9.59 Å². The SMILES string of the molecule is CC[C@@H](C)[C@@H](NC(=O)[C@@H](N)CC)C(=O)O. The van der Waals surface area contributed by atoms with E-state index in [1.165, 1.54) is 0 Å². The van der Waals surface area contributed by atoms with Crippen LogP contribution in [0.15, 0.2) is 0 Å². The molecule has 0 aliphatic heterocycles. The Kier molecular flexibility index (Phi) is 5.93. The number of hydrogen-bond donors (Lipinski definition) is 3. The number of carboxylic acids is 1. The van der Waals surface area contributed by atoms with Gasteiger partial charge in [0.2, 0.25) is 5.91 Å². The summed E-state index contributed by atoms with van der Waals surface area (Å²) in [5, 5.41) is 11.4. The molecule has 88 valence electrons. The molecule has 5 heteroatoms. The lowest BCUT2D eigenvalue weighted by Gasteiger charge is -2.21. The Balaban J connectivity index is 4.42. The highest BCUT2D eigenvalue weighted by Gasteiger charge is 2.26. The number of carbonyl (C=O) groups is 2. The summed E-state index contributed by atoms with van der Waals surface area (Å²) >= 11 is 0. The van der Waals surface area contributed by atoms with Crippen LogP contribution in [0.2, 0.25) is 0 Å². The number of nitrogens with one attached hydrogen (secondary N) is 1. The minimum atomic E-state index is -1.01. The first kappa shape index (κ1) is 13.9. The number of amides is 1. The standard InChI is InChI=1S/C10H20N2O3/c1-4-6(3)8(10(14)15)12-9(13)7(11)5-2/h6-8H,4-5,11H2,1-3H3,(H,12,13)(H,14,15)/t6-,7+,8-/m1/s1. The Morgan fingerprint density at radius 3 is 2.20 bits per heavy atom. The second-order valence-electron chi connectivity index (χ2n) is 3.72. The molecule has 5 nitrogen and oxygen atoms in total. The molecule has 0 saturated heterocycles. The van der Waals surface area contributed by atoms with Gasteiger partial charge in [0.1, 0.15) is 6.04 Å². The Morgan fingerprint density at radius 2 is 1.87 bits per heavy atom. The number of rotatable bonds is 6. The van der Waals surface area contributed by atoms with Crippen molar-refractivity contribution in [3.05, 3.63) is 0 Å². The lowest BCUT2D eigenvalue weighted by atomic mass is 9.99. The van der Waals surface area contributed by atoms with E-state index in [2.05, 4.69) is 5.32 Å². The largest absolute Gasteiger partial charge is 0.480 e. The Morgan fingerprint density at radius 1 is 1.33 bits per heavy atom. The highest BCUT2D eigenvalue weighted by Crippen LogP contribution is 2.08. The minimum Gasteiger partial charge on any atom is -0.480 e. The topological polar surface area (TPSA) is 92.4 Å². The van der Waals surface area contributed by atoms with Gasteiger partial charge in [-0.2, -0.15) is 0 Å². The monoisotopic (exact) mass is 216 g/mol. The van der Waals surface area contributed by atoms with E-state index in [1.807, 2.05) is 6.92 Å². The maximum Gasteiger partial charge on any atom is 0.326 e. The fraction of sp³-hybridized carbons (Fsp3) is 0.800. The van der Waals surface area contributed by atoms with Gasteiger partial charge in [0.15, 0.2) is 0 Å². The number of aliphatic carboxylic acids is 1. The Hall–Kier alpha value is -1.10. The molecule has 3 atom stereocenters. The van der Waals surface area contributed by atoms with Crippen LogP contribution < -0.4 is 11.1 Å². The smallest absolute Gasteiger partial charge is 0.326 e. The van der Waals surface area contributed by atoms with E-state index in [4.69, 9.17) is 10.8 Å². The second kappa shape index (κ2) is 6.40. The molecule has 1 amide bonds. The first-order valence-corrected chi connectivity index (χ1v) is 5.22. The van der Waals surface area contributed by atoms with E-state index in [0.717, 1.165) is 0 Å². The summed E-state index contributed by atoms with van der Waals surface area (Å²) in [6.45, 7) is 5.45. The lowest BCUT2D eigenvalue weighted by molar-refractivity contribution is -0.143. The lowest BCUT2D eigenvalue weighted by Crippen LogP contribution is -2.50. The number of hydrogen-bond acceptors (Lipinski definition) is 3.